The third-order valence-electron chi connectivity index (χ3n) is 4.08. The topological polar surface area (TPSA) is 63.7 Å². The lowest BCUT2D eigenvalue weighted by Gasteiger charge is -2.31. The van der Waals surface area contributed by atoms with Crippen LogP contribution >= 0.6 is 0 Å². The second kappa shape index (κ2) is 6.28. The van der Waals surface area contributed by atoms with Crippen molar-refractivity contribution in [2.45, 2.75) is 19.1 Å². The maximum Gasteiger partial charge on any atom is 0.239 e. The molecule has 0 aromatic heterocycles. The highest BCUT2D eigenvalue weighted by molar-refractivity contribution is 7.92. The molecule has 5 nitrogen and oxygen atoms in total. The van der Waals surface area contributed by atoms with Crippen molar-refractivity contribution in [1.29, 1.82) is 0 Å². The van der Waals surface area contributed by atoms with Crippen LogP contribution in [0.1, 0.15) is 27.9 Å². The molecule has 1 heterocycles. The lowest BCUT2D eigenvalue weighted by molar-refractivity contribution is 0.0981. The minimum atomic E-state index is -3.62. The van der Waals surface area contributed by atoms with Gasteiger partial charge in [-0.15, -0.1) is 0 Å². The molecule has 0 unspecified atom stereocenters. The van der Waals surface area contributed by atoms with Crippen molar-refractivity contribution in [2.24, 2.45) is 0 Å². The SMILES string of the molecule is COc1cccc2c1N(S(=O)(=O)Cc1cccc(C)c1)CCC2=O. The Morgan fingerprint density at radius 3 is 2.62 bits per heavy atom. The van der Waals surface area contributed by atoms with Crippen molar-refractivity contribution in [3.05, 3.63) is 59.2 Å². The van der Waals surface area contributed by atoms with E-state index in [-0.39, 0.29) is 24.5 Å². The summed E-state index contributed by atoms with van der Waals surface area (Å²) in [5, 5.41) is 0. The van der Waals surface area contributed by atoms with Gasteiger partial charge in [-0.25, -0.2) is 8.42 Å². The molecule has 0 aliphatic carbocycles. The van der Waals surface area contributed by atoms with Gasteiger partial charge in [0.15, 0.2) is 5.78 Å². The number of sulfonamides is 1. The maximum atomic E-state index is 13.0. The molecule has 2 aromatic rings. The van der Waals surface area contributed by atoms with Crippen LogP contribution in [0.3, 0.4) is 0 Å². The van der Waals surface area contributed by atoms with E-state index in [0.29, 0.717) is 17.0 Å². The number of hydrogen-bond donors (Lipinski definition) is 0. The Hall–Kier alpha value is -2.34. The van der Waals surface area contributed by atoms with Crippen molar-refractivity contribution in [3.8, 4) is 5.75 Å². The number of carbonyl (C=O) groups excluding carboxylic acids is 1. The zero-order chi connectivity index (χ0) is 17.3. The van der Waals surface area contributed by atoms with Gasteiger partial charge in [0.05, 0.1) is 12.9 Å². The lowest BCUT2D eigenvalue weighted by Crippen LogP contribution is -2.38. The van der Waals surface area contributed by atoms with Crippen LogP contribution in [0.25, 0.3) is 0 Å². The molecule has 0 fully saturated rings. The summed E-state index contributed by atoms with van der Waals surface area (Å²) in [7, 11) is -2.15. The first-order valence-electron chi connectivity index (χ1n) is 7.68. The average molecular weight is 345 g/mol. The van der Waals surface area contributed by atoms with E-state index in [4.69, 9.17) is 4.74 Å². The van der Waals surface area contributed by atoms with Crippen LogP contribution in [0.4, 0.5) is 5.69 Å². The second-order valence-corrected chi connectivity index (χ2v) is 7.74. The molecule has 126 valence electrons. The minimum Gasteiger partial charge on any atom is -0.495 e. The van der Waals surface area contributed by atoms with E-state index in [9.17, 15) is 13.2 Å². The molecule has 0 bridgehead atoms. The quantitative estimate of drug-likeness (QED) is 0.855. The van der Waals surface area contributed by atoms with Gasteiger partial charge < -0.3 is 4.74 Å². The van der Waals surface area contributed by atoms with E-state index >= 15 is 0 Å². The number of nitrogens with zero attached hydrogens (tertiary/aromatic N) is 1. The molecule has 0 spiro atoms. The molecule has 3 rings (SSSR count). The Labute approximate surface area is 141 Å². The summed E-state index contributed by atoms with van der Waals surface area (Å²) in [6.45, 7) is 2.06. The lowest BCUT2D eigenvalue weighted by atomic mass is 10.0. The number of ether oxygens (including phenoxy) is 1. The fourth-order valence-corrected chi connectivity index (χ4v) is 4.58. The normalized spacial score (nSPS) is 14.4. The van der Waals surface area contributed by atoms with E-state index in [0.717, 1.165) is 11.1 Å². The van der Waals surface area contributed by atoms with Gasteiger partial charge in [-0.1, -0.05) is 35.9 Å². The van der Waals surface area contributed by atoms with Gasteiger partial charge >= 0.3 is 0 Å². The number of anilines is 1. The first-order valence-corrected chi connectivity index (χ1v) is 9.29. The molecule has 6 heteroatoms. The van der Waals surface area contributed by atoms with Crippen LogP contribution in [0.15, 0.2) is 42.5 Å². The number of rotatable bonds is 4. The summed E-state index contributed by atoms with van der Waals surface area (Å²) < 4.78 is 32.5. The zero-order valence-electron chi connectivity index (χ0n) is 13.7. The highest BCUT2D eigenvalue weighted by Crippen LogP contribution is 2.38. The van der Waals surface area contributed by atoms with Gasteiger partial charge in [-0.05, 0) is 24.6 Å². The number of hydrogen-bond acceptors (Lipinski definition) is 4. The standard InChI is InChI=1S/C18H19NO4S/c1-13-5-3-6-14(11-13)12-24(21,22)19-10-9-16(20)15-7-4-8-17(23-2)18(15)19/h3-8,11H,9-10,12H2,1-2H3. The summed E-state index contributed by atoms with van der Waals surface area (Å²) in [5.41, 5.74) is 2.48. The molecule has 1 aliphatic heterocycles. The van der Waals surface area contributed by atoms with Crippen LogP contribution in [0, 0.1) is 6.92 Å². The van der Waals surface area contributed by atoms with Crippen molar-refractivity contribution in [3.63, 3.8) is 0 Å². The van der Waals surface area contributed by atoms with Crippen LogP contribution in [0.5, 0.6) is 5.75 Å². The molecule has 0 atom stereocenters. The summed E-state index contributed by atoms with van der Waals surface area (Å²) in [6, 6.07) is 12.4. The van der Waals surface area contributed by atoms with E-state index in [1.165, 1.54) is 11.4 Å². The Morgan fingerprint density at radius 1 is 1.17 bits per heavy atom. The molecule has 0 saturated carbocycles. The zero-order valence-corrected chi connectivity index (χ0v) is 14.5. The third-order valence-corrected chi connectivity index (χ3v) is 5.81. The van der Waals surface area contributed by atoms with Crippen LogP contribution < -0.4 is 9.04 Å². The molecule has 1 aliphatic rings. The Bertz CT molecular complexity index is 890. The van der Waals surface area contributed by atoms with Crippen LogP contribution in [-0.2, 0) is 15.8 Å². The number of methoxy groups -OCH3 is 1. The fourth-order valence-electron chi connectivity index (χ4n) is 2.99. The Kier molecular flexibility index (Phi) is 4.32. The minimum absolute atomic E-state index is 0.0640. The van der Waals surface area contributed by atoms with E-state index in [2.05, 4.69) is 0 Å². The molecular formula is C18H19NO4S. The number of aryl methyl sites for hydroxylation is 1. The average Bonchev–Trinajstić information content (AvgIpc) is 2.54. The monoisotopic (exact) mass is 345 g/mol. The first-order chi connectivity index (χ1) is 11.4. The van der Waals surface area contributed by atoms with Crippen molar-refractivity contribution in [2.75, 3.05) is 18.0 Å². The van der Waals surface area contributed by atoms with Gasteiger partial charge in [-0.2, -0.15) is 0 Å². The van der Waals surface area contributed by atoms with E-state index in [1.54, 1.807) is 24.3 Å². The maximum absolute atomic E-state index is 13.0. The summed E-state index contributed by atoms with van der Waals surface area (Å²) in [5.74, 6) is 0.222. The molecule has 0 saturated heterocycles. The van der Waals surface area contributed by atoms with Crippen LogP contribution in [0.2, 0.25) is 0 Å². The predicted octanol–water partition coefficient (Wildman–Crippen LogP) is 2.93. The fraction of sp³-hybridized carbons (Fsp3) is 0.278. The van der Waals surface area contributed by atoms with Gasteiger partial charge in [0.2, 0.25) is 10.0 Å². The summed E-state index contributed by atoms with van der Waals surface area (Å²) >= 11 is 0. The summed E-state index contributed by atoms with van der Waals surface area (Å²) in [6.07, 6.45) is 0.174. The number of para-hydroxylation sites is 1. The molecular weight excluding hydrogens is 326 g/mol. The highest BCUT2D eigenvalue weighted by Gasteiger charge is 2.33. The predicted molar refractivity (Wildman–Crippen MR) is 93.1 cm³/mol. The van der Waals surface area contributed by atoms with E-state index < -0.39 is 10.0 Å². The molecule has 24 heavy (non-hydrogen) atoms. The van der Waals surface area contributed by atoms with Crippen molar-refractivity contribution >= 4 is 21.5 Å². The van der Waals surface area contributed by atoms with E-state index in [1.807, 2.05) is 25.1 Å². The Balaban J connectivity index is 2.04. The van der Waals surface area contributed by atoms with Crippen molar-refractivity contribution in [1.82, 2.24) is 0 Å². The van der Waals surface area contributed by atoms with Crippen LogP contribution in [-0.4, -0.2) is 27.9 Å². The van der Waals surface area contributed by atoms with Gasteiger partial charge in [-0.3, -0.25) is 9.10 Å². The number of benzene rings is 2. The number of ketones is 1. The molecule has 2 aromatic carbocycles. The number of Topliss-reactive ketones (excluding diaryl/α,β-unsaturated/α-hetero) is 1. The molecule has 0 radical (unpaired) electrons. The number of carbonyl (C=O) groups is 1. The third kappa shape index (κ3) is 3.01. The Morgan fingerprint density at radius 2 is 1.92 bits per heavy atom. The van der Waals surface area contributed by atoms with Gasteiger partial charge in [0.25, 0.3) is 0 Å². The molecule has 0 amide bonds. The highest BCUT2D eigenvalue weighted by atomic mass is 32.2. The molecule has 0 N–H and O–H groups in total. The second-order valence-electron chi connectivity index (χ2n) is 5.85. The number of fused-ring (bicyclic) bond motifs is 1. The van der Waals surface area contributed by atoms with Gasteiger partial charge in [0.1, 0.15) is 11.4 Å². The summed E-state index contributed by atoms with van der Waals surface area (Å²) in [4.78, 5) is 12.2. The first kappa shape index (κ1) is 16.5. The van der Waals surface area contributed by atoms with Crippen molar-refractivity contribution < 1.29 is 17.9 Å². The van der Waals surface area contributed by atoms with Gasteiger partial charge in [0, 0.05) is 18.5 Å². The largest absolute Gasteiger partial charge is 0.495 e. The smallest absolute Gasteiger partial charge is 0.239 e.